The zero-order valence-corrected chi connectivity index (χ0v) is 10.7. The van der Waals surface area contributed by atoms with Gasteiger partial charge in [0, 0.05) is 10.0 Å². The molecule has 16 heavy (non-hydrogen) atoms. The molecule has 0 radical (unpaired) electrons. The molecule has 3 N–H and O–H groups in total. The Labute approximate surface area is 104 Å². The molecule has 0 unspecified atom stereocenters. The number of amidine groups is 1. The van der Waals surface area contributed by atoms with Crippen molar-refractivity contribution < 1.29 is 0 Å². The number of nitrogens with two attached hydrogens (primary N) is 1. The summed E-state index contributed by atoms with van der Waals surface area (Å²) in [6, 6.07) is 8.45. The number of hydrazine groups is 1. The average molecular weight is 282 g/mol. The van der Waals surface area contributed by atoms with E-state index < -0.39 is 0 Å². The van der Waals surface area contributed by atoms with E-state index in [0.29, 0.717) is 6.04 Å². The minimum atomic E-state index is 0.435. The van der Waals surface area contributed by atoms with Crippen LogP contribution < -0.4 is 11.3 Å². The summed E-state index contributed by atoms with van der Waals surface area (Å²) in [4.78, 5) is 4.67. The lowest BCUT2D eigenvalue weighted by Crippen LogP contribution is -2.32. The fourth-order valence-electron chi connectivity index (χ4n) is 2.05. The van der Waals surface area contributed by atoms with Crippen LogP contribution in [0.3, 0.4) is 0 Å². The minimum absolute atomic E-state index is 0.435. The highest BCUT2D eigenvalue weighted by molar-refractivity contribution is 9.10. The van der Waals surface area contributed by atoms with Crippen molar-refractivity contribution in [1.82, 2.24) is 5.43 Å². The predicted molar refractivity (Wildman–Crippen MR) is 70.3 cm³/mol. The van der Waals surface area contributed by atoms with Gasteiger partial charge in [-0.2, -0.15) is 0 Å². The average Bonchev–Trinajstić information content (AvgIpc) is 2.78. The van der Waals surface area contributed by atoms with E-state index in [1.807, 2.05) is 24.3 Å². The predicted octanol–water partition coefficient (Wildman–Crippen LogP) is 2.60. The second kappa shape index (κ2) is 5.46. The minimum Gasteiger partial charge on any atom is -0.308 e. The molecular weight excluding hydrogens is 266 g/mol. The van der Waals surface area contributed by atoms with Crippen LogP contribution in [0.5, 0.6) is 0 Å². The highest BCUT2D eigenvalue weighted by Crippen LogP contribution is 2.21. The number of halogens is 1. The molecule has 1 aromatic carbocycles. The molecule has 1 saturated carbocycles. The summed E-state index contributed by atoms with van der Waals surface area (Å²) in [5.74, 6) is 6.32. The molecular formula is C12H16BrN3. The summed E-state index contributed by atoms with van der Waals surface area (Å²) in [5, 5.41) is 0. The molecule has 1 aliphatic rings. The van der Waals surface area contributed by atoms with Crippen molar-refractivity contribution >= 4 is 21.8 Å². The van der Waals surface area contributed by atoms with Crippen molar-refractivity contribution in [1.29, 1.82) is 0 Å². The van der Waals surface area contributed by atoms with Crippen LogP contribution in [-0.4, -0.2) is 11.9 Å². The Bertz CT molecular complexity index is 384. The van der Waals surface area contributed by atoms with Crippen molar-refractivity contribution in [3.05, 3.63) is 34.3 Å². The van der Waals surface area contributed by atoms with Crippen molar-refractivity contribution in [3.63, 3.8) is 0 Å². The highest BCUT2D eigenvalue weighted by Gasteiger charge is 2.15. The van der Waals surface area contributed by atoms with Gasteiger partial charge in [-0.3, -0.25) is 4.99 Å². The first-order valence-corrected chi connectivity index (χ1v) is 6.39. The Morgan fingerprint density at radius 1 is 1.38 bits per heavy atom. The van der Waals surface area contributed by atoms with Crippen molar-refractivity contribution in [2.45, 2.75) is 31.7 Å². The lowest BCUT2D eigenvalue weighted by atomic mass is 10.2. The molecule has 0 saturated heterocycles. The first-order chi connectivity index (χ1) is 7.79. The molecule has 0 aliphatic heterocycles. The van der Waals surface area contributed by atoms with Gasteiger partial charge in [-0.1, -0.05) is 40.9 Å². The summed E-state index contributed by atoms with van der Waals surface area (Å²) in [6.45, 7) is 0. The Morgan fingerprint density at radius 3 is 2.75 bits per heavy atom. The smallest absolute Gasteiger partial charge is 0.142 e. The molecule has 0 bridgehead atoms. The largest absolute Gasteiger partial charge is 0.308 e. The molecule has 0 aromatic heterocycles. The number of nitrogens with one attached hydrogen (secondary N) is 1. The molecule has 3 nitrogen and oxygen atoms in total. The Balaban J connectivity index is 2.21. The number of hydrogen-bond acceptors (Lipinski definition) is 2. The monoisotopic (exact) mass is 281 g/mol. The lowest BCUT2D eigenvalue weighted by molar-refractivity contribution is 0.701. The van der Waals surface area contributed by atoms with Crippen LogP contribution in [0, 0.1) is 0 Å². The maximum absolute atomic E-state index is 5.54. The molecule has 4 heteroatoms. The van der Waals surface area contributed by atoms with Crippen LogP contribution in [0.25, 0.3) is 0 Å². The fourth-order valence-corrected chi connectivity index (χ4v) is 2.45. The van der Waals surface area contributed by atoms with Gasteiger partial charge in [0.15, 0.2) is 0 Å². The van der Waals surface area contributed by atoms with Gasteiger partial charge in [0.2, 0.25) is 0 Å². The molecule has 0 atom stereocenters. The number of hydrogen-bond donors (Lipinski definition) is 2. The van der Waals surface area contributed by atoms with Gasteiger partial charge in [0.25, 0.3) is 0 Å². The third-order valence-corrected chi connectivity index (χ3v) is 3.36. The third-order valence-electron chi connectivity index (χ3n) is 2.87. The van der Waals surface area contributed by atoms with E-state index in [4.69, 9.17) is 5.84 Å². The molecule has 1 aliphatic carbocycles. The van der Waals surface area contributed by atoms with Crippen LogP contribution >= 0.6 is 15.9 Å². The van der Waals surface area contributed by atoms with Gasteiger partial charge in [0.05, 0.1) is 6.04 Å². The Kier molecular flexibility index (Phi) is 3.96. The van der Waals surface area contributed by atoms with E-state index in [9.17, 15) is 0 Å². The molecule has 86 valence electrons. The number of benzene rings is 1. The van der Waals surface area contributed by atoms with E-state index in [0.717, 1.165) is 15.9 Å². The Morgan fingerprint density at radius 2 is 2.12 bits per heavy atom. The topological polar surface area (TPSA) is 50.4 Å². The molecule has 0 heterocycles. The second-order valence-electron chi connectivity index (χ2n) is 4.07. The van der Waals surface area contributed by atoms with Gasteiger partial charge in [0.1, 0.15) is 5.84 Å². The van der Waals surface area contributed by atoms with Crippen LogP contribution in [0.4, 0.5) is 0 Å². The summed E-state index contributed by atoms with van der Waals surface area (Å²) < 4.78 is 1.04. The van der Waals surface area contributed by atoms with Crippen LogP contribution in [0.15, 0.2) is 33.7 Å². The standard InChI is InChI=1S/C12H16BrN3/c13-10-5-3-4-9(8-10)12(16-14)15-11-6-1-2-7-11/h3-5,8,11H,1-2,6-7,14H2,(H,15,16). The van der Waals surface area contributed by atoms with Gasteiger partial charge >= 0.3 is 0 Å². The SMILES string of the molecule is NNC(=NC1CCCC1)c1cccc(Br)c1. The zero-order chi connectivity index (χ0) is 11.4. The summed E-state index contributed by atoms with van der Waals surface area (Å²) in [7, 11) is 0. The highest BCUT2D eigenvalue weighted by atomic mass is 79.9. The van der Waals surface area contributed by atoms with E-state index in [2.05, 4.69) is 26.3 Å². The van der Waals surface area contributed by atoms with Gasteiger partial charge in [-0.05, 0) is 25.0 Å². The van der Waals surface area contributed by atoms with Crippen molar-refractivity contribution in [2.75, 3.05) is 0 Å². The number of rotatable bonds is 2. The van der Waals surface area contributed by atoms with Crippen molar-refractivity contribution in [3.8, 4) is 0 Å². The van der Waals surface area contributed by atoms with E-state index in [1.165, 1.54) is 25.7 Å². The molecule has 0 spiro atoms. The van der Waals surface area contributed by atoms with E-state index >= 15 is 0 Å². The van der Waals surface area contributed by atoms with Gasteiger partial charge in [-0.25, -0.2) is 5.84 Å². The molecule has 2 rings (SSSR count). The second-order valence-corrected chi connectivity index (χ2v) is 4.99. The Hall–Kier alpha value is -0.870. The quantitative estimate of drug-likeness (QED) is 0.379. The summed E-state index contributed by atoms with van der Waals surface area (Å²) >= 11 is 3.45. The summed E-state index contributed by atoms with van der Waals surface area (Å²) in [6.07, 6.45) is 4.92. The van der Waals surface area contributed by atoms with E-state index in [1.54, 1.807) is 0 Å². The summed E-state index contributed by atoms with van der Waals surface area (Å²) in [5.41, 5.74) is 3.73. The van der Waals surface area contributed by atoms with Crippen LogP contribution in [0.1, 0.15) is 31.2 Å². The first-order valence-electron chi connectivity index (χ1n) is 5.60. The van der Waals surface area contributed by atoms with Gasteiger partial charge < -0.3 is 5.43 Å². The van der Waals surface area contributed by atoms with Gasteiger partial charge in [-0.15, -0.1) is 0 Å². The van der Waals surface area contributed by atoms with Crippen LogP contribution in [-0.2, 0) is 0 Å². The van der Waals surface area contributed by atoms with E-state index in [-0.39, 0.29) is 0 Å². The number of aliphatic imine (C=N–C) groups is 1. The maximum atomic E-state index is 5.54. The first kappa shape index (κ1) is 11.6. The normalized spacial score (nSPS) is 17.8. The molecule has 1 fully saturated rings. The number of nitrogens with zero attached hydrogens (tertiary/aromatic N) is 1. The zero-order valence-electron chi connectivity index (χ0n) is 9.12. The fraction of sp³-hybridized carbons (Fsp3) is 0.417. The van der Waals surface area contributed by atoms with Crippen LogP contribution in [0.2, 0.25) is 0 Å². The lowest BCUT2D eigenvalue weighted by Gasteiger charge is -2.09. The van der Waals surface area contributed by atoms with Crippen molar-refractivity contribution in [2.24, 2.45) is 10.8 Å². The molecule has 0 amide bonds. The molecule has 1 aromatic rings. The third kappa shape index (κ3) is 2.83. The maximum Gasteiger partial charge on any atom is 0.142 e.